The van der Waals surface area contributed by atoms with Crippen LogP contribution in [-0.4, -0.2) is 11.1 Å². The zero-order valence-corrected chi connectivity index (χ0v) is 14.9. The van der Waals surface area contributed by atoms with Crippen molar-refractivity contribution in [2.75, 3.05) is 11.5 Å². The Morgan fingerprint density at radius 2 is 2.11 bits per heavy atom. The molecular formula is C18H13N5O3S. The number of nitrogens with zero attached hydrogens (tertiary/aromatic N) is 2. The highest BCUT2D eigenvalue weighted by Gasteiger charge is 2.25. The third kappa shape index (κ3) is 2.59. The van der Waals surface area contributed by atoms with E-state index in [0.717, 1.165) is 22.3 Å². The van der Waals surface area contributed by atoms with Gasteiger partial charge in [0.1, 0.15) is 33.6 Å². The van der Waals surface area contributed by atoms with Crippen molar-refractivity contribution in [3.8, 4) is 22.5 Å². The van der Waals surface area contributed by atoms with Gasteiger partial charge in [0, 0.05) is 5.39 Å². The maximum atomic E-state index is 11.1. The Morgan fingerprint density at radius 3 is 2.81 bits per heavy atom. The smallest absolute Gasteiger partial charge is 0.410 e. The number of hydrogen-bond donors (Lipinski definition) is 3. The number of nitriles is 1. The average molecular weight is 379 g/mol. The predicted octanol–water partition coefficient (Wildman–Crippen LogP) is 3.51. The summed E-state index contributed by atoms with van der Waals surface area (Å²) in [5.74, 6) is 0.449. The Labute approximate surface area is 156 Å². The van der Waals surface area contributed by atoms with Gasteiger partial charge in [-0.25, -0.2) is 9.78 Å². The Kier molecular flexibility index (Phi) is 3.64. The molecule has 0 atom stereocenters. The number of primary amides is 1. The number of carbonyl (C=O) groups excluding carboxylic acids is 1. The van der Waals surface area contributed by atoms with Crippen molar-refractivity contribution in [1.29, 1.82) is 5.26 Å². The van der Waals surface area contributed by atoms with Gasteiger partial charge in [-0.15, -0.1) is 0 Å². The fourth-order valence-electron chi connectivity index (χ4n) is 2.96. The van der Waals surface area contributed by atoms with E-state index in [4.69, 9.17) is 26.4 Å². The molecule has 1 amide bonds. The maximum absolute atomic E-state index is 11.1. The van der Waals surface area contributed by atoms with Crippen molar-refractivity contribution in [3.05, 3.63) is 35.4 Å². The summed E-state index contributed by atoms with van der Waals surface area (Å²) in [6.45, 7) is 1.97. The van der Waals surface area contributed by atoms with Crippen molar-refractivity contribution in [1.82, 2.24) is 4.98 Å². The molecule has 4 aromatic rings. The lowest BCUT2D eigenvalue weighted by molar-refractivity contribution is 0.212. The first kappa shape index (κ1) is 16.7. The molecule has 0 aliphatic carbocycles. The number of furan rings is 1. The van der Waals surface area contributed by atoms with Crippen LogP contribution in [0.15, 0.2) is 28.7 Å². The first-order valence-electron chi connectivity index (χ1n) is 7.78. The minimum Gasteiger partial charge on any atom is -0.456 e. The van der Waals surface area contributed by atoms with E-state index in [2.05, 4.69) is 11.1 Å². The molecule has 9 heteroatoms. The number of ether oxygens (including phenoxy) is 1. The van der Waals surface area contributed by atoms with E-state index in [9.17, 15) is 10.1 Å². The van der Waals surface area contributed by atoms with E-state index in [-0.39, 0.29) is 22.1 Å². The van der Waals surface area contributed by atoms with Gasteiger partial charge in [0.05, 0.1) is 16.6 Å². The van der Waals surface area contributed by atoms with Crippen LogP contribution in [0.5, 0.6) is 5.06 Å². The van der Waals surface area contributed by atoms with E-state index in [1.165, 1.54) is 0 Å². The number of fused-ring (bicyclic) bond motifs is 2. The van der Waals surface area contributed by atoms with Crippen LogP contribution in [-0.2, 0) is 0 Å². The Balaban J connectivity index is 2.08. The Morgan fingerprint density at radius 1 is 1.33 bits per heavy atom. The molecule has 0 radical (unpaired) electrons. The topological polar surface area (TPSA) is 154 Å². The predicted molar refractivity (Wildman–Crippen MR) is 103 cm³/mol. The number of hydrogen-bond acceptors (Lipinski definition) is 8. The molecule has 0 unspecified atom stereocenters. The molecular weight excluding hydrogens is 366 g/mol. The highest BCUT2D eigenvalue weighted by molar-refractivity contribution is 7.21. The van der Waals surface area contributed by atoms with Crippen molar-refractivity contribution in [3.63, 3.8) is 0 Å². The number of carbonyl (C=O) groups is 1. The Hall–Kier alpha value is -3.77. The second kappa shape index (κ2) is 5.89. The number of thiophene rings is 1. The third-order valence-electron chi connectivity index (χ3n) is 4.09. The van der Waals surface area contributed by atoms with Crippen LogP contribution >= 0.6 is 11.3 Å². The molecule has 0 saturated heterocycles. The molecule has 134 valence electrons. The summed E-state index contributed by atoms with van der Waals surface area (Å²) in [7, 11) is 0. The van der Waals surface area contributed by atoms with E-state index >= 15 is 0 Å². The summed E-state index contributed by atoms with van der Waals surface area (Å²) in [5, 5.41) is 11.0. The van der Waals surface area contributed by atoms with Gasteiger partial charge in [-0.2, -0.15) is 5.26 Å². The van der Waals surface area contributed by atoms with Gasteiger partial charge in [0.15, 0.2) is 0 Å². The summed E-state index contributed by atoms with van der Waals surface area (Å²) in [6.07, 6.45) is -0.998. The fraction of sp³-hybridized carbons (Fsp3) is 0.0556. The number of rotatable bonds is 2. The van der Waals surface area contributed by atoms with E-state index in [1.54, 1.807) is 0 Å². The molecule has 27 heavy (non-hydrogen) atoms. The number of nitrogens with two attached hydrogens (primary N) is 3. The van der Waals surface area contributed by atoms with Crippen molar-refractivity contribution in [2.45, 2.75) is 6.92 Å². The number of amides is 1. The van der Waals surface area contributed by atoms with Gasteiger partial charge in [-0.1, -0.05) is 23.0 Å². The molecule has 6 N–H and O–H groups in total. The minimum atomic E-state index is -0.998. The average Bonchev–Trinajstić information content (AvgIpc) is 3.14. The lowest BCUT2D eigenvalue weighted by Crippen LogP contribution is -2.16. The Bertz CT molecular complexity index is 1280. The molecule has 8 nitrogen and oxygen atoms in total. The first-order chi connectivity index (χ1) is 12.9. The summed E-state index contributed by atoms with van der Waals surface area (Å²) in [5.41, 5.74) is 19.6. The van der Waals surface area contributed by atoms with Gasteiger partial charge < -0.3 is 26.4 Å². The van der Waals surface area contributed by atoms with Crippen molar-refractivity contribution >= 4 is 50.1 Å². The number of anilines is 2. The zero-order chi connectivity index (χ0) is 19.3. The number of aryl methyl sites for hydroxylation is 1. The van der Waals surface area contributed by atoms with Gasteiger partial charge in [-0.3, -0.25) is 0 Å². The van der Waals surface area contributed by atoms with Crippen LogP contribution in [0.4, 0.5) is 16.3 Å². The molecule has 3 aromatic heterocycles. The zero-order valence-electron chi connectivity index (χ0n) is 14.1. The van der Waals surface area contributed by atoms with Crippen LogP contribution in [0.1, 0.15) is 11.1 Å². The van der Waals surface area contributed by atoms with Gasteiger partial charge in [0.25, 0.3) is 0 Å². The van der Waals surface area contributed by atoms with Crippen LogP contribution in [0.3, 0.4) is 0 Å². The van der Waals surface area contributed by atoms with Gasteiger partial charge in [0.2, 0.25) is 5.06 Å². The maximum Gasteiger partial charge on any atom is 0.410 e. The van der Waals surface area contributed by atoms with Crippen LogP contribution in [0.25, 0.3) is 32.5 Å². The molecule has 1 aromatic carbocycles. The number of pyridine rings is 1. The normalized spacial score (nSPS) is 11.0. The van der Waals surface area contributed by atoms with Crippen LogP contribution in [0.2, 0.25) is 0 Å². The highest BCUT2D eigenvalue weighted by Crippen LogP contribution is 2.47. The number of aromatic nitrogens is 1. The molecule has 4 rings (SSSR count). The van der Waals surface area contributed by atoms with Crippen LogP contribution in [0, 0.1) is 18.3 Å². The summed E-state index contributed by atoms with van der Waals surface area (Å²) >= 11 is 1.01. The van der Waals surface area contributed by atoms with E-state index in [1.807, 2.05) is 31.2 Å². The quantitative estimate of drug-likeness (QED) is 0.481. The van der Waals surface area contributed by atoms with Gasteiger partial charge in [-0.05, 0) is 25.1 Å². The van der Waals surface area contributed by atoms with Crippen molar-refractivity contribution < 1.29 is 13.9 Å². The molecule has 0 fully saturated rings. The number of benzene rings is 1. The summed E-state index contributed by atoms with van der Waals surface area (Å²) in [6, 6.07) is 9.61. The second-order valence-corrected chi connectivity index (χ2v) is 6.88. The fourth-order valence-corrected chi connectivity index (χ4v) is 3.93. The molecule has 0 saturated carbocycles. The molecule has 0 aliphatic rings. The lowest BCUT2D eigenvalue weighted by atomic mass is 10.0. The standard InChI is InChI=1S/C18H13N5O3S/c1-7-2-3-10-8(4-7)5-11(25-10)12-9(6-19)15(21)23-16-13(12)14(20)17(27-16)26-18(22)24/h2-5H,20H2,1H3,(H2,21,23)(H2,22,24). The number of nitrogen functional groups attached to an aromatic ring is 2. The van der Waals surface area contributed by atoms with E-state index in [0.29, 0.717) is 27.1 Å². The van der Waals surface area contributed by atoms with Gasteiger partial charge >= 0.3 is 6.09 Å². The lowest BCUT2D eigenvalue weighted by Gasteiger charge is -2.06. The minimum absolute atomic E-state index is 0.0310. The molecule has 0 bridgehead atoms. The monoisotopic (exact) mass is 379 g/mol. The summed E-state index contributed by atoms with van der Waals surface area (Å²) < 4.78 is 10.9. The highest BCUT2D eigenvalue weighted by atomic mass is 32.1. The first-order valence-corrected chi connectivity index (χ1v) is 8.60. The third-order valence-corrected chi connectivity index (χ3v) is 5.07. The molecule has 0 aliphatic heterocycles. The van der Waals surface area contributed by atoms with Crippen LogP contribution < -0.4 is 21.9 Å². The summed E-state index contributed by atoms with van der Waals surface area (Å²) in [4.78, 5) is 15.7. The van der Waals surface area contributed by atoms with E-state index < -0.39 is 6.09 Å². The molecule has 3 heterocycles. The SMILES string of the molecule is Cc1ccc2oc(-c3c(C#N)c(N)nc4sc(OC(N)=O)c(N)c34)cc2c1. The largest absolute Gasteiger partial charge is 0.456 e. The second-order valence-electron chi connectivity index (χ2n) is 5.92. The molecule has 0 spiro atoms. The van der Waals surface area contributed by atoms with Crippen molar-refractivity contribution in [2.24, 2.45) is 5.73 Å².